The lowest BCUT2D eigenvalue weighted by atomic mass is 9.97. The molecule has 0 aliphatic heterocycles. The van der Waals surface area contributed by atoms with Crippen LogP contribution in [0.2, 0.25) is 10.0 Å². The lowest BCUT2D eigenvalue weighted by Crippen LogP contribution is -2.29. The molecule has 0 bridgehead atoms. The van der Waals surface area contributed by atoms with Gasteiger partial charge in [-0.2, -0.15) is 0 Å². The summed E-state index contributed by atoms with van der Waals surface area (Å²) < 4.78 is 15.7. The number of rotatable bonds is 8. The predicted molar refractivity (Wildman–Crippen MR) is 128 cm³/mol. The van der Waals surface area contributed by atoms with E-state index in [0.29, 0.717) is 27.3 Å². The summed E-state index contributed by atoms with van der Waals surface area (Å²) in [6.45, 7) is 5.13. The zero-order valence-corrected chi connectivity index (χ0v) is 20.0. The van der Waals surface area contributed by atoms with Crippen molar-refractivity contribution in [2.75, 3.05) is 13.8 Å². The Morgan fingerprint density at radius 2 is 1.84 bits per heavy atom. The summed E-state index contributed by atoms with van der Waals surface area (Å²) in [7, 11) is 1.64. The molecule has 2 aromatic rings. The minimum atomic E-state index is -0.806. The standard InChI is InChI=1S/C23H27Cl2N3O4/c1-5-13-27-22(26-4)28-21(17-10-8-11-18(24)20(17)25)16-9-6-7-12-19(16)30-14-31-23(29)32-15(2)3/h6-13,15,21H,5,14H2,1-4H3,(H,26,28)/b27-13-. The van der Waals surface area contributed by atoms with E-state index in [4.69, 9.17) is 37.4 Å². The van der Waals surface area contributed by atoms with E-state index in [9.17, 15) is 4.79 Å². The molecule has 0 saturated carbocycles. The summed E-state index contributed by atoms with van der Waals surface area (Å²) in [5, 5.41) is 4.12. The Balaban J connectivity index is 2.38. The van der Waals surface area contributed by atoms with Crippen molar-refractivity contribution in [1.29, 1.82) is 0 Å². The Morgan fingerprint density at radius 1 is 1.12 bits per heavy atom. The lowest BCUT2D eigenvalue weighted by molar-refractivity contribution is -0.00849. The molecular formula is C23H27Cl2N3O4. The number of aliphatic imine (C=N–C) groups is 2. The third-order valence-corrected chi connectivity index (χ3v) is 4.96. The molecule has 1 atom stereocenters. The van der Waals surface area contributed by atoms with Crippen LogP contribution in [0.15, 0.2) is 52.4 Å². The van der Waals surface area contributed by atoms with Gasteiger partial charge < -0.3 is 19.5 Å². The molecule has 2 rings (SSSR count). The first-order valence-electron chi connectivity index (χ1n) is 10.1. The van der Waals surface area contributed by atoms with E-state index in [-0.39, 0.29) is 12.9 Å². The highest BCUT2D eigenvalue weighted by molar-refractivity contribution is 6.42. The Hall–Kier alpha value is -2.77. The number of hydrogen-bond donors (Lipinski definition) is 1. The average molecular weight is 480 g/mol. The lowest BCUT2D eigenvalue weighted by Gasteiger charge is -2.24. The van der Waals surface area contributed by atoms with Gasteiger partial charge in [0.15, 0.2) is 0 Å². The van der Waals surface area contributed by atoms with Gasteiger partial charge in [-0.3, -0.25) is 4.99 Å². The first kappa shape index (κ1) is 25.5. The normalized spacial score (nSPS) is 12.7. The Kier molecular flexibility index (Phi) is 10.3. The second-order valence-corrected chi connectivity index (χ2v) is 7.63. The number of benzene rings is 2. The zero-order chi connectivity index (χ0) is 23.5. The molecule has 0 aliphatic rings. The van der Waals surface area contributed by atoms with Crippen LogP contribution >= 0.6 is 23.2 Å². The molecule has 32 heavy (non-hydrogen) atoms. The van der Waals surface area contributed by atoms with Crippen LogP contribution < -0.4 is 10.1 Å². The third kappa shape index (κ3) is 7.43. The van der Waals surface area contributed by atoms with Crippen molar-refractivity contribution in [2.45, 2.75) is 39.3 Å². The molecule has 0 radical (unpaired) electrons. The average Bonchev–Trinajstić information content (AvgIpc) is 2.76. The molecule has 172 valence electrons. The number of carbonyl (C=O) groups excluding carboxylic acids is 1. The first-order chi connectivity index (χ1) is 15.4. The van der Waals surface area contributed by atoms with E-state index in [0.717, 1.165) is 12.0 Å². The summed E-state index contributed by atoms with van der Waals surface area (Å²) >= 11 is 12.8. The molecule has 7 nitrogen and oxygen atoms in total. The molecule has 1 unspecified atom stereocenters. The van der Waals surface area contributed by atoms with Crippen molar-refractivity contribution < 1.29 is 19.0 Å². The molecule has 0 amide bonds. The first-order valence-corrected chi connectivity index (χ1v) is 10.9. The fraction of sp³-hybridized carbons (Fsp3) is 0.348. The van der Waals surface area contributed by atoms with E-state index in [1.165, 1.54) is 0 Å². The number of carbonyl (C=O) groups is 1. The molecule has 0 heterocycles. The maximum absolute atomic E-state index is 11.7. The third-order valence-electron chi connectivity index (χ3n) is 4.13. The van der Waals surface area contributed by atoms with Crippen molar-refractivity contribution in [3.05, 3.63) is 63.6 Å². The molecule has 0 fully saturated rings. The van der Waals surface area contributed by atoms with Crippen LogP contribution in [0.5, 0.6) is 5.75 Å². The maximum Gasteiger partial charge on any atom is 0.511 e. The summed E-state index contributed by atoms with van der Waals surface area (Å²) in [5.74, 6) is 0.896. The van der Waals surface area contributed by atoms with Gasteiger partial charge in [0.2, 0.25) is 12.8 Å². The summed E-state index contributed by atoms with van der Waals surface area (Å²) in [6.07, 6.45) is 1.41. The van der Waals surface area contributed by atoms with Gasteiger partial charge in [0.25, 0.3) is 0 Å². The molecule has 2 aromatic carbocycles. The molecule has 0 saturated heterocycles. The van der Waals surface area contributed by atoms with Gasteiger partial charge in [0, 0.05) is 18.8 Å². The van der Waals surface area contributed by atoms with Crippen molar-refractivity contribution in [3.63, 3.8) is 0 Å². The molecule has 0 spiro atoms. The van der Waals surface area contributed by atoms with Gasteiger partial charge in [-0.15, -0.1) is 0 Å². The smallest absolute Gasteiger partial charge is 0.457 e. The number of ether oxygens (including phenoxy) is 3. The van der Waals surface area contributed by atoms with Crippen LogP contribution in [0.4, 0.5) is 4.79 Å². The van der Waals surface area contributed by atoms with Crippen LogP contribution in [-0.2, 0) is 9.47 Å². The van der Waals surface area contributed by atoms with E-state index in [1.807, 2.05) is 37.3 Å². The number of guanidine groups is 1. The number of nitrogens with zero attached hydrogens (tertiary/aromatic N) is 2. The van der Waals surface area contributed by atoms with Gasteiger partial charge in [0.05, 0.1) is 22.2 Å². The van der Waals surface area contributed by atoms with Gasteiger partial charge in [0.1, 0.15) is 5.75 Å². The predicted octanol–water partition coefficient (Wildman–Crippen LogP) is 6.04. The van der Waals surface area contributed by atoms with Crippen molar-refractivity contribution >= 4 is 41.5 Å². The molecule has 1 N–H and O–H groups in total. The quantitative estimate of drug-likeness (QED) is 0.216. The van der Waals surface area contributed by atoms with Gasteiger partial charge >= 0.3 is 6.16 Å². The highest BCUT2D eigenvalue weighted by Gasteiger charge is 2.23. The number of para-hydroxylation sites is 1. The Labute approximate surface area is 198 Å². The van der Waals surface area contributed by atoms with Gasteiger partial charge in [-0.05, 0) is 38.0 Å². The van der Waals surface area contributed by atoms with Crippen molar-refractivity contribution in [1.82, 2.24) is 5.32 Å². The number of nitrogens with one attached hydrogen (secondary N) is 1. The molecule has 0 aromatic heterocycles. The minimum absolute atomic E-state index is 0.288. The van der Waals surface area contributed by atoms with E-state index in [1.54, 1.807) is 39.2 Å². The molecule has 9 heteroatoms. The zero-order valence-electron chi connectivity index (χ0n) is 18.5. The van der Waals surface area contributed by atoms with Crippen molar-refractivity contribution in [2.24, 2.45) is 9.98 Å². The summed E-state index contributed by atoms with van der Waals surface area (Å²) in [6, 6.07) is 12.2. The van der Waals surface area contributed by atoms with Crippen LogP contribution in [0.3, 0.4) is 0 Å². The second kappa shape index (κ2) is 12.9. The highest BCUT2D eigenvalue weighted by Crippen LogP contribution is 2.36. The second-order valence-electron chi connectivity index (χ2n) is 6.85. The van der Waals surface area contributed by atoms with Crippen LogP contribution in [0.1, 0.15) is 44.4 Å². The summed E-state index contributed by atoms with van der Waals surface area (Å²) in [5.41, 5.74) is 1.44. The van der Waals surface area contributed by atoms with Gasteiger partial charge in [-0.1, -0.05) is 60.5 Å². The highest BCUT2D eigenvalue weighted by atomic mass is 35.5. The minimum Gasteiger partial charge on any atom is -0.457 e. The Bertz CT molecular complexity index is 964. The van der Waals surface area contributed by atoms with Crippen molar-refractivity contribution in [3.8, 4) is 5.75 Å². The number of hydrogen-bond acceptors (Lipinski definition) is 5. The topological polar surface area (TPSA) is 81.5 Å². The van der Waals surface area contributed by atoms with Crippen LogP contribution in [0, 0.1) is 0 Å². The van der Waals surface area contributed by atoms with Crippen LogP contribution in [-0.4, -0.2) is 38.3 Å². The molecule has 0 aliphatic carbocycles. The van der Waals surface area contributed by atoms with Crippen LogP contribution in [0.25, 0.3) is 0 Å². The van der Waals surface area contributed by atoms with E-state index < -0.39 is 12.2 Å². The van der Waals surface area contributed by atoms with Gasteiger partial charge in [-0.25, -0.2) is 9.79 Å². The Morgan fingerprint density at radius 3 is 2.53 bits per heavy atom. The SMILES string of the molecule is CC/C=N\C(=NC)NC(c1ccccc1OCOC(=O)OC(C)C)c1cccc(Cl)c1Cl. The fourth-order valence-electron chi connectivity index (χ4n) is 2.75. The molecular weight excluding hydrogens is 453 g/mol. The van der Waals surface area contributed by atoms with E-state index in [2.05, 4.69) is 15.3 Å². The monoisotopic (exact) mass is 479 g/mol. The number of halogens is 2. The fourth-order valence-corrected chi connectivity index (χ4v) is 3.17. The largest absolute Gasteiger partial charge is 0.511 e. The maximum atomic E-state index is 11.7. The summed E-state index contributed by atoms with van der Waals surface area (Å²) in [4.78, 5) is 20.2. The van der Waals surface area contributed by atoms with E-state index >= 15 is 0 Å².